The van der Waals surface area contributed by atoms with Crippen LogP contribution in [0.3, 0.4) is 0 Å². The van der Waals surface area contributed by atoms with Gasteiger partial charge in [-0.25, -0.2) is 9.59 Å². The van der Waals surface area contributed by atoms with Gasteiger partial charge >= 0.3 is 19.3 Å². The fourth-order valence-corrected chi connectivity index (χ4v) is 2.36. The molecule has 0 amide bonds. The monoisotopic (exact) mass is 324 g/mol. The number of aromatic amines is 1. The molecule has 3 unspecified atom stereocenters. The van der Waals surface area contributed by atoms with Gasteiger partial charge in [-0.15, -0.1) is 0 Å². The summed E-state index contributed by atoms with van der Waals surface area (Å²) in [6.45, 7) is 0. The summed E-state index contributed by atoms with van der Waals surface area (Å²) in [6, 6.07) is -0.808. The molecular weight excluding hydrogens is 314 g/mol. The molecule has 1 aliphatic carbocycles. The van der Waals surface area contributed by atoms with Gasteiger partial charge in [0.2, 0.25) is 5.82 Å². The van der Waals surface area contributed by atoms with Crippen LogP contribution in [0.4, 0.5) is 4.39 Å². The number of rotatable bonds is 5. The van der Waals surface area contributed by atoms with Crippen molar-refractivity contribution in [1.82, 2.24) is 9.55 Å². The highest BCUT2D eigenvalue weighted by molar-refractivity contribution is 7.53. The molecule has 116 valence electrons. The predicted octanol–water partition coefficient (Wildman–Crippen LogP) is -1.41. The Morgan fingerprint density at radius 3 is 2.67 bits per heavy atom. The fourth-order valence-electron chi connectivity index (χ4n) is 1.75. The van der Waals surface area contributed by atoms with Crippen LogP contribution in [0, 0.1) is 5.82 Å². The first-order valence-corrected chi connectivity index (χ1v) is 7.24. The van der Waals surface area contributed by atoms with Crippen molar-refractivity contribution in [2.24, 2.45) is 0 Å². The minimum Gasteiger partial charge on any atom is -0.479 e. The van der Waals surface area contributed by atoms with Gasteiger partial charge in [-0.2, -0.15) is 4.39 Å². The number of carbonyl (C=O) groups is 1. The molecule has 2 rings (SSSR count). The largest absolute Gasteiger partial charge is 0.479 e. The lowest BCUT2D eigenvalue weighted by atomic mass is 10.5. The summed E-state index contributed by atoms with van der Waals surface area (Å²) in [4.78, 5) is 52.4. The molecule has 0 spiro atoms. The molecule has 0 aliphatic heterocycles. The lowest BCUT2D eigenvalue weighted by molar-refractivity contribution is -0.146. The van der Waals surface area contributed by atoms with Crippen molar-refractivity contribution in [2.75, 3.05) is 0 Å². The Hall–Kier alpha value is -1.81. The zero-order chi connectivity index (χ0) is 15.9. The van der Waals surface area contributed by atoms with Gasteiger partial charge < -0.3 is 19.6 Å². The van der Waals surface area contributed by atoms with Crippen LogP contribution >= 0.6 is 7.60 Å². The zero-order valence-electron chi connectivity index (χ0n) is 10.2. The summed E-state index contributed by atoms with van der Waals surface area (Å²) in [5.41, 5.74) is -2.13. The van der Waals surface area contributed by atoms with Crippen molar-refractivity contribution in [3.05, 3.63) is 32.9 Å². The van der Waals surface area contributed by atoms with Gasteiger partial charge in [0.25, 0.3) is 11.4 Å². The highest BCUT2D eigenvalue weighted by Crippen LogP contribution is 2.47. The van der Waals surface area contributed by atoms with E-state index in [1.54, 1.807) is 4.98 Å². The maximum atomic E-state index is 13.1. The van der Waals surface area contributed by atoms with Crippen LogP contribution in [0.1, 0.15) is 12.5 Å². The summed E-state index contributed by atoms with van der Waals surface area (Å²) in [5, 5.41) is 8.68. The van der Waals surface area contributed by atoms with E-state index in [1.165, 1.54) is 0 Å². The number of nitrogens with zero attached hydrogens (tertiary/aromatic N) is 1. The maximum absolute atomic E-state index is 13.1. The van der Waals surface area contributed by atoms with Crippen LogP contribution in [0.15, 0.2) is 15.8 Å². The van der Waals surface area contributed by atoms with Crippen molar-refractivity contribution >= 4 is 13.6 Å². The fraction of sp³-hybridized carbons (Fsp3) is 0.444. The van der Waals surface area contributed by atoms with E-state index in [4.69, 9.17) is 19.6 Å². The number of carboxylic acid groups (broad SMARTS) is 1. The van der Waals surface area contributed by atoms with Gasteiger partial charge in [0, 0.05) is 0 Å². The number of halogens is 1. The van der Waals surface area contributed by atoms with Gasteiger partial charge in [0.15, 0.2) is 0 Å². The third kappa shape index (κ3) is 3.27. The van der Waals surface area contributed by atoms with E-state index < -0.39 is 48.6 Å². The smallest absolute Gasteiger partial charge is 0.365 e. The molecule has 0 bridgehead atoms. The quantitative estimate of drug-likeness (QED) is 0.481. The number of hydrogen-bond donors (Lipinski definition) is 4. The summed E-state index contributed by atoms with van der Waals surface area (Å²) in [7, 11) is -5.03. The van der Waals surface area contributed by atoms with E-state index in [0.29, 0.717) is 6.20 Å². The van der Waals surface area contributed by atoms with Crippen molar-refractivity contribution in [3.8, 4) is 0 Å². The Labute approximate surface area is 115 Å². The van der Waals surface area contributed by atoms with E-state index in [2.05, 4.69) is 0 Å². The first-order valence-electron chi connectivity index (χ1n) is 5.55. The summed E-state index contributed by atoms with van der Waals surface area (Å²) in [6.07, 6.45) is -0.306. The Kier molecular flexibility index (Phi) is 3.85. The molecule has 21 heavy (non-hydrogen) atoms. The van der Waals surface area contributed by atoms with Crippen LogP contribution < -0.4 is 11.2 Å². The second-order valence-corrected chi connectivity index (χ2v) is 6.05. The highest BCUT2D eigenvalue weighted by Gasteiger charge is 2.48. The number of nitrogens with one attached hydrogen (secondary N) is 1. The molecule has 0 radical (unpaired) electrons. The molecular formula is C9H10FN2O8P. The maximum Gasteiger partial charge on any atom is 0.365 e. The van der Waals surface area contributed by atoms with E-state index in [9.17, 15) is 23.3 Å². The van der Waals surface area contributed by atoms with Crippen LogP contribution in [-0.2, 0) is 14.1 Å². The van der Waals surface area contributed by atoms with Gasteiger partial charge in [-0.3, -0.25) is 18.9 Å². The number of aromatic nitrogens is 2. The van der Waals surface area contributed by atoms with Gasteiger partial charge in [0.1, 0.15) is 0 Å². The van der Waals surface area contributed by atoms with Gasteiger partial charge in [-0.1, -0.05) is 0 Å². The van der Waals surface area contributed by atoms with Crippen molar-refractivity contribution < 1.29 is 33.4 Å². The van der Waals surface area contributed by atoms with Crippen LogP contribution in [-0.4, -0.2) is 42.4 Å². The molecule has 10 nitrogen and oxygen atoms in total. The molecule has 12 heteroatoms. The summed E-state index contributed by atoms with van der Waals surface area (Å²) >= 11 is 0. The summed E-state index contributed by atoms with van der Waals surface area (Å²) < 4.78 is 29.6. The number of hydrogen-bond acceptors (Lipinski definition) is 5. The first kappa shape index (κ1) is 15.6. The lowest BCUT2D eigenvalue weighted by Gasteiger charge is -2.15. The molecule has 1 aromatic heterocycles. The average molecular weight is 324 g/mol. The van der Waals surface area contributed by atoms with Gasteiger partial charge in [0.05, 0.1) is 18.3 Å². The Morgan fingerprint density at radius 1 is 1.52 bits per heavy atom. The molecule has 1 saturated carbocycles. The number of carboxylic acids is 1. The van der Waals surface area contributed by atoms with Crippen LogP contribution in [0.2, 0.25) is 0 Å². The second kappa shape index (κ2) is 5.19. The highest BCUT2D eigenvalue weighted by atomic mass is 31.2. The SMILES string of the molecule is O=C(O)C(OC1CC1n1cc(F)c(=O)[nH]c1=O)P(=O)(O)O. The van der Waals surface area contributed by atoms with E-state index in [1.807, 2.05) is 0 Å². The van der Waals surface area contributed by atoms with Crippen molar-refractivity contribution in [3.63, 3.8) is 0 Å². The first-order chi connectivity index (χ1) is 9.61. The normalized spacial score (nSPS) is 22.8. The molecule has 0 saturated heterocycles. The van der Waals surface area contributed by atoms with Gasteiger partial charge in [-0.05, 0) is 6.42 Å². The van der Waals surface area contributed by atoms with E-state index >= 15 is 0 Å². The molecule has 1 fully saturated rings. The molecule has 3 atom stereocenters. The second-order valence-electron chi connectivity index (χ2n) is 4.40. The topological polar surface area (TPSA) is 159 Å². The third-order valence-electron chi connectivity index (χ3n) is 2.80. The molecule has 1 aliphatic rings. The average Bonchev–Trinajstić information content (AvgIpc) is 3.08. The minimum absolute atomic E-state index is 0.0508. The third-order valence-corrected chi connectivity index (χ3v) is 3.76. The summed E-state index contributed by atoms with van der Waals surface area (Å²) in [5.74, 6) is -5.44. The lowest BCUT2D eigenvalue weighted by Crippen LogP contribution is -2.32. The number of ether oxygens (including phenoxy) is 1. The Bertz CT molecular complexity index is 736. The van der Waals surface area contributed by atoms with E-state index in [0.717, 1.165) is 4.57 Å². The van der Waals surface area contributed by atoms with Crippen molar-refractivity contribution in [1.29, 1.82) is 0 Å². The van der Waals surface area contributed by atoms with Crippen LogP contribution in [0.25, 0.3) is 0 Å². The molecule has 1 aromatic rings. The number of H-pyrrole nitrogens is 1. The van der Waals surface area contributed by atoms with Crippen LogP contribution in [0.5, 0.6) is 0 Å². The van der Waals surface area contributed by atoms with E-state index in [-0.39, 0.29) is 6.42 Å². The zero-order valence-corrected chi connectivity index (χ0v) is 11.1. The minimum atomic E-state index is -5.03. The standard InChI is InChI=1S/C9H10FN2O8P/c10-3-2-12(9(16)11-6(3)13)4-1-5(4)20-8(7(14)15)21(17,18)19/h2,4-5,8H,1H2,(H,14,15)(H,11,13,16)(H2,17,18,19). The Balaban J connectivity index is 2.17. The molecule has 4 N–H and O–H groups in total. The Morgan fingerprint density at radius 2 is 2.14 bits per heavy atom. The predicted molar refractivity (Wildman–Crippen MR) is 63.3 cm³/mol. The molecule has 0 aromatic carbocycles. The van der Waals surface area contributed by atoms with Crippen molar-refractivity contribution in [2.45, 2.75) is 24.4 Å². The molecule has 1 heterocycles. The number of aliphatic carboxylic acids is 1.